The van der Waals surface area contributed by atoms with Crippen LogP contribution in [-0.2, 0) is 12.8 Å². The van der Waals surface area contributed by atoms with Gasteiger partial charge < -0.3 is 14.8 Å². The van der Waals surface area contributed by atoms with Crippen molar-refractivity contribution in [1.29, 1.82) is 0 Å². The van der Waals surface area contributed by atoms with Gasteiger partial charge in [-0.25, -0.2) is 4.98 Å². The third-order valence-electron chi connectivity index (χ3n) is 2.83. The molecule has 1 aromatic heterocycles. The molecule has 4 heteroatoms. The van der Waals surface area contributed by atoms with Crippen LogP contribution in [0.25, 0.3) is 0 Å². The lowest BCUT2D eigenvalue weighted by atomic mass is 9.96. The van der Waals surface area contributed by atoms with Gasteiger partial charge >= 0.3 is 0 Å². The number of hydrogen-bond donors (Lipinski definition) is 2. The van der Waals surface area contributed by atoms with Crippen LogP contribution in [0.4, 0.5) is 0 Å². The Bertz CT molecular complexity index is 293. The van der Waals surface area contributed by atoms with Gasteiger partial charge in [0.25, 0.3) is 0 Å². The van der Waals surface area contributed by atoms with Crippen molar-refractivity contribution in [2.75, 3.05) is 19.7 Å². The smallest absolute Gasteiger partial charge is 0.194 e. The molecule has 0 aromatic carbocycles. The molecule has 0 radical (unpaired) electrons. The molecule has 1 atom stereocenters. The second-order valence-electron chi connectivity index (χ2n) is 4.12. The monoisotopic (exact) mass is 210 g/mol. The van der Waals surface area contributed by atoms with Crippen molar-refractivity contribution in [3.8, 4) is 0 Å². The van der Waals surface area contributed by atoms with E-state index in [0.717, 1.165) is 31.1 Å². The molecule has 84 valence electrons. The molecule has 1 aliphatic rings. The van der Waals surface area contributed by atoms with Crippen LogP contribution in [-0.4, -0.2) is 29.8 Å². The molecule has 0 bridgehead atoms. The summed E-state index contributed by atoms with van der Waals surface area (Å²) in [6, 6.07) is 0. The van der Waals surface area contributed by atoms with E-state index >= 15 is 0 Å². The summed E-state index contributed by atoms with van der Waals surface area (Å²) in [6.07, 6.45) is 5.66. The molecule has 2 heterocycles. The van der Waals surface area contributed by atoms with Crippen molar-refractivity contribution in [3.05, 3.63) is 17.8 Å². The maximum Gasteiger partial charge on any atom is 0.194 e. The zero-order chi connectivity index (χ0) is 10.5. The van der Waals surface area contributed by atoms with E-state index in [1.807, 2.05) is 0 Å². The molecule has 4 nitrogen and oxygen atoms in total. The molecule has 0 amide bonds. The van der Waals surface area contributed by atoms with Gasteiger partial charge in [-0.15, -0.1) is 0 Å². The van der Waals surface area contributed by atoms with Crippen molar-refractivity contribution >= 4 is 0 Å². The summed E-state index contributed by atoms with van der Waals surface area (Å²) in [5, 5.41) is 12.1. The zero-order valence-corrected chi connectivity index (χ0v) is 8.91. The maximum atomic E-state index is 8.76. The highest BCUT2D eigenvalue weighted by molar-refractivity contribution is 4.97. The SMILES string of the molecule is OCCc1coc(CC2CCCNC2)n1. The molecular formula is C11H18N2O2. The second kappa shape index (κ2) is 5.28. The Balaban J connectivity index is 1.86. The summed E-state index contributed by atoms with van der Waals surface area (Å²) >= 11 is 0. The highest BCUT2D eigenvalue weighted by atomic mass is 16.3. The lowest BCUT2D eigenvalue weighted by molar-refractivity contribution is 0.298. The molecule has 2 N–H and O–H groups in total. The van der Waals surface area contributed by atoms with Gasteiger partial charge in [0.2, 0.25) is 0 Å². The van der Waals surface area contributed by atoms with Gasteiger partial charge in [-0.1, -0.05) is 0 Å². The average Bonchev–Trinajstić information content (AvgIpc) is 2.68. The molecule has 0 saturated carbocycles. The number of rotatable bonds is 4. The summed E-state index contributed by atoms with van der Waals surface area (Å²) in [6.45, 7) is 2.34. The van der Waals surface area contributed by atoms with Crippen molar-refractivity contribution < 1.29 is 9.52 Å². The molecule has 1 fully saturated rings. The minimum atomic E-state index is 0.136. The first kappa shape index (κ1) is 10.6. The summed E-state index contributed by atoms with van der Waals surface area (Å²) in [5.74, 6) is 1.46. The Morgan fingerprint density at radius 1 is 1.60 bits per heavy atom. The van der Waals surface area contributed by atoms with Crippen LogP contribution in [0.5, 0.6) is 0 Å². The average molecular weight is 210 g/mol. The van der Waals surface area contributed by atoms with Crippen LogP contribution in [0.1, 0.15) is 24.4 Å². The Morgan fingerprint density at radius 3 is 3.27 bits per heavy atom. The minimum absolute atomic E-state index is 0.136. The van der Waals surface area contributed by atoms with E-state index in [9.17, 15) is 0 Å². The Hall–Kier alpha value is -0.870. The predicted octanol–water partition coefficient (Wildman–Crippen LogP) is 0.751. The van der Waals surface area contributed by atoms with Gasteiger partial charge in [-0.3, -0.25) is 0 Å². The molecule has 1 saturated heterocycles. The number of oxazole rings is 1. The van der Waals surface area contributed by atoms with Gasteiger partial charge in [0.1, 0.15) is 6.26 Å². The molecule has 0 spiro atoms. The Kier molecular flexibility index (Phi) is 3.75. The first-order valence-electron chi connectivity index (χ1n) is 5.63. The number of aromatic nitrogens is 1. The number of aliphatic hydroxyl groups excluding tert-OH is 1. The van der Waals surface area contributed by atoms with Crippen LogP contribution in [0.2, 0.25) is 0 Å². The summed E-state index contributed by atoms with van der Waals surface area (Å²) < 4.78 is 5.37. The predicted molar refractivity (Wildman–Crippen MR) is 56.6 cm³/mol. The van der Waals surface area contributed by atoms with Crippen molar-refractivity contribution in [2.24, 2.45) is 5.92 Å². The molecule has 1 aromatic rings. The van der Waals surface area contributed by atoms with Gasteiger partial charge in [-0.05, 0) is 31.8 Å². The van der Waals surface area contributed by atoms with E-state index in [1.54, 1.807) is 6.26 Å². The molecule has 0 aliphatic carbocycles. The summed E-state index contributed by atoms with van der Waals surface area (Å²) in [4.78, 5) is 4.34. The largest absolute Gasteiger partial charge is 0.449 e. The first-order valence-corrected chi connectivity index (χ1v) is 5.63. The summed E-state index contributed by atoms with van der Waals surface area (Å²) in [5.41, 5.74) is 0.858. The van der Waals surface area contributed by atoms with Gasteiger partial charge in [0, 0.05) is 19.4 Å². The van der Waals surface area contributed by atoms with E-state index < -0.39 is 0 Å². The highest BCUT2D eigenvalue weighted by Crippen LogP contribution is 2.16. The fourth-order valence-electron chi connectivity index (χ4n) is 2.02. The number of aliphatic hydroxyl groups is 1. The van der Waals surface area contributed by atoms with Gasteiger partial charge in [0.15, 0.2) is 5.89 Å². The zero-order valence-electron chi connectivity index (χ0n) is 8.91. The number of nitrogens with zero attached hydrogens (tertiary/aromatic N) is 1. The molecule has 1 unspecified atom stereocenters. The normalized spacial score (nSPS) is 21.8. The van der Waals surface area contributed by atoms with Crippen molar-refractivity contribution in [1.82, 2.24) is 10.3 Å². The standard InChI is InChI=1S/C11H18N2O2/c14-5-3-10-8-15-11(13-10)6-9-2-1-4-12-7-9/h8-9,12,14H,1-7H2. The quantitative estimate of drug-likeness (QED) is 0.770. The van der Waals surface area contributed by atoms with Crippen LogP contribution in [0.3, 0.4) is 0 Å². The van der Waals surface area contributed by atoms with E-state index in [0.29, 0.717) is 12.3 Å². The van der Waals surface area contributed by atoms with Crippen molar-refractivity contribution in [3.63, 3.8) is 0 Å². The second-order valence-corrected chi connectivity index (χ2v) is 4.12. The van der Waals surface area contributed by atoms with Gasteiger partial charge in [0.05, 0.1) is 5.69 Å². The first-order chi connectivity index (χ1) is 7.38. The fourth-order valence-corrected chi connectivity index (χ4v) is 2.02. The fraction of sp³-hybridized carbons (Fsp3) is 0.727. The highest BCUT2D eigenvalue weighted by Gasteiger charge is 2.16. The van der Waals surface area contributed by atoms with Crippen LogP contribution in [0.15, 0.2) is 10.7 Å². The van der Waals surface area contributed by atoms with Crippen LogP contribution < -0.4 is 5.32 Å². The van der Waals surface area contributed by atoms with E-state index in [-0.39, 0.29) is 6.61 Å². The number of nitrogens with one attached hydrogen (secondary N) is 1. The van der Waals surface area contributed by atoms with E-state index in [2.05, 4.69) is 10.3 Å². The lowest BCUT2D eigenvalue weighted by Crippen LogP contribution is -2.30. The number of hydrogen-bond acceptors (Lipinski definition) is 4. The summed E-state index contributed by atoms with van der Waals surface area (Å²) in [7, 11) is 0. The molecule has 15 heavy (non-hydrogen) atoms. The molecule has 1 aliphatic heterocycles. The Labute approximate surface area is 89.7 Å². The number of piperidine rings is 1. The van der Waals surface area contributed by atoms with Crippen LogP contribution in [0, 0.1) is 5.92 Å². The third-order valence-corrected chi connectivity index (χ3v) is 2.83. The van der Waals surface area contributed by atoms with E-state index in [4.69, 9.17) is 9.52 Å². The lowest BCUT2D eigenvalue weighted by Gasteiger charge is -2.21. The maximum absolute atomic E-state index is 8.76. The van der Waals surface area contributed by atoms with Crippen molar-refractivity contribution in [2.45, 2.75) is 25.7 Å². The molecule has 2 rings (SSSR count). The van der Waals surface area contributed by atoms with Gasteiger partial charge in [-0.2, -0.15) is 0 Å². The topological polar surface area (TPSA) is 58.3 Å². The minimum Gasteiger partial charge on any atom is -0.449 e. The van der Waals surface area contributed by atoms with Crippen LogP contribution >= 0.6 is 0 Å². The molecular weight excluding hydrogens is 192 g/mol. The van der Waals surface area contributed by atoms with E-state index in [1.165, 1.54) is 12.8 Å². The Morgan fingerprint density at radius 2 is 2.53 bits per heavy atom. The third kappa shape index (κ3) is 3.04.